The lowest BCUT2D eigenvalue weighted by Gasteiger charge is -2.14. The minimum absolute atomic E-state index is 0.00930. The number of hydrogen-bond acceptors (Lipinski definition) is 6. The molecule has 0 saturated heterocycles. The van der Waals surface area contributed by atoms with E-state index in [0.29, 0.717) is 29.5 Å². The predicted octanol–water partition coefficient (Wildman–Crippen LogP) is 5.67. The van der Waals surface area contributed by atoms with Gasteiger partial charge >= 0.3 is 0 Å². The van der Waals surface area contributed by atoms with Crippen LogP contribution in [0.3, 0.4) is 0 Å². The van der Waals surface area contributed by atoms with E-state index in [9.17, 15) is 14.9 Å². The van der Waals surface area contributed by atoms with Gasteiger partial charge in [0.15, 0.2) is 18.1 Å². The van der Waals surface area contributed by atoms with E-state index in [1.165, 1.54) is 12.1 Å². The fourth-order valence-electron chi connectivity index (χ4n) is 2.85. The maximum Gasteiger partial charge on any atom is 0.269 e. The highest BCUT2D eigenvalue weighted by atomic mass is 127. The number of ether oxygens (including phenoxy) is 2. The van der Waals surface area contributed by atoms with E-state index in [-0.39, 0.29) is 18.2 Å². The van der Waals surface area contributed by atoms with Crippen molar-refractivity contribution < 1.29 is 19.2 Å². The maximum atomic E-state index is 12.3. The number of hydrogen-bond donors (Lipinski definition) is 1. The van der Waals surface area contributed by atoms with Crippen LogP contribution in [0.5, 0.6) is 11.5 Å². The van der Waals surface area contributed by atoms with Gasteiger partial charge in [-0.1, -0.05) is 17.7 Å². The lowest BCUT2D eigenvalue weighted by atomic mass is 10.2. The molecular weight excluding hydrogens is 537 g/mol. The van der Waals surface area contributed by atoms with Crippen molar-refractivity contribution in [2.24, 2.45) is 4.99 Å². The van der Waals surface area contributed by atoms with E-state index in [2.05, 4.69) is 32.9 Å². The van der Waals surface area contributed by atoms with Gasteiger partial charge in [-0.2, -0.15) is 0 Å². The van der Waals surface area contributed by atoms with Crippen molar-refractivity contribution in [1.29, 1.82) is 0 Å². The number of anilines is 1. The lowest BCUT2D eigenvalue weighted by molar-refractivity contribution is -0.384. The number of nitro benzene ring substituents is 1. The zero-order valence-electron chi connectivity index (χ0n) is 18.1. The number of benzene rings is 3. The highest BCUT2D eigenvalue weighted by molar-refractivity contribution is 14.1. The SMILES string of the molecule is CCOc1cc(C=Nc2ccc([N+](=O)[O-])cc2)cc(I)c1OCC(=O)Nc1ccc(C)cc1. The summed E-state index contributed by atoms with van der Waals surface area (Å²) in [6.45, 7) is 4.09. The van der Waals surface area contributed by atoms with Gasteiger partial charge in [0, 0.05) is 24.0 Å². The van der Waals surface area contributed by atoms with Crippen molar-refractivity contribution in [1.82, 2.24) is 0 Å². The van der Waals surface area contributed by atoms with Crippen molar-refractivity contribution >= 4 is 51.8 Å². The second-order valence-corrected chi connectivity index (χ2v) is 8.16. The Morgan fingerprint density at radius 3 is 2.45 bits per heavy atom. The van der Waals surface area contributed by atoms with E-state index in [4.69, 9.17) is 9.47 Å². The van der Waals surface area contributed by atoms with Gasteiger partial charge in [-0.15, -0.1) is 0 Å². The molecule has 1 amide bonds. The number of nitrogens with one attached hydrogen (secondary N) is 1. The summed E-state index contributed by atoms with van der Waals surface area (Å²) in [5.41, 5.74) is 3.17. The third-order valence-electron chi connectivity index (χ3n) is 4.44. The monoisotopic (exact) mass is 559 g/mol. The average molecular weight is 559 g/mol. The molecule has 0 aliphatic rings. The van der Waals surface area contributed by atoms with Crippen LogP contribution in [0, 0.1) is 20.6 Å². The number of nitro groups is 1. The molecule has 8 nitrogen and oxygen atoms in total. The Labute approximate surface area is 204 Å². The first-order chi connectivity index (χ1) is 15.9. The number of carbonyl (C=O) groups is 1. The molecule has 0 aromatic heterocycles. The summed E-state index contributed by atoms with van der Waals surface area (Å²) in [6.07, 6.45) is 1.64. The second-order valence-electron chi connectivity index (χ2n) is 7.00. The molecule has 3 aromatic carbocycles. The molecule has 0 radical (unpaired) electrons. The Morgan fingerprint density at radius 1 is 1.12 bits per heavy atom. The topological polar surface area (TPSA) is 103 Å². The van der Waals surface area contributed by atoms with Gasteiger partial charge in [0.2, 0.25) is 0 Å². The summed E-state index contributed by atoms with van der Waals surface area (Å²) in [5, 5.41) is 13.6. The summed E-state index contributed by atoms with van der Waals surface area (Å²) in [5.74, 6) is 0.697. The summed E-state index contributed by atoms with van der Waals surface area (Å²) >= 11 is 2.12. The average Bonchev–Trinajstić information content (AvgIpc) is 2.79. The molecular formula is C24H22IN3O5. The van der Waals surface area contributed by atoms with Gasteiger partial charge in [0.05, 0.1) is 20.8 Å². The highest BCUT2D eigenvalue weighted by Crippen LogP contribution is 2.34. The van der Waals surface area contributed by atoms with Gasteiger partial charge in [0.1, 0.15) is 0 Å². The number of nitrogens with zero attached hydrogens (tertiary/aromatic N) is 2. The smallest absolute Gasteiger partial charge is 0.269 e. The van der Waals surface area contributed by atoms with Crippen LogP contribution in [0.15, 0.2) is 65.7 Å². The van der Waals surface area contributed by atoms with Gasteiger partial charge in [-0.05, 0) is 78.4 Å². The van der Waals surface area contributed by atoms with Gasteiger partial charge < -0.3 is 14.8 Å². The van der Waals surface area contributed by atoms with Gasteiger partial charge in [0.25, 0.3) is 11.6 Å². The summed E-state index contributed by atoms with van der Waals surface area (Å²) < 4.78 is 12.3. The van der Waals surface area contributed by atoms with Crippen molar-refractivity contribution in [3.05, 3.63) is 85.5 Å². The van der Waals surface area contributed by atoms with Crippen molar-refractivity contribution in [3.8, 4) is 11.5 Å². The predicted molar refractivity (Wildman–Crippen MR) is 136 cm³/mol. The molecule has 0 unspecified atom stereocenters. The minimum atomic E-state index is -0.454. The molecule has 0 aliphatic carbocycles. The van der Waals surface area contributed by atoms with E-state index >= 15 is 0 Å². The summed E-state index contributed by atoms with van der Waals surface area (Å²) in [7, 11) is 0. The van der Waals surface area contributed by atoms with Crippen LogP contribution in [0.4, 0.5) is 17.1 Å². The highest BCUT2D eigenvalue weighted by Gasteiger charge is 2.14. The largest absolute Gasteiger partial charge is 0.490 e. The number of aliphatic imine (C=N–C) groups is 1. The quantitative estimate of drug-likeness (QED) is 0.157. The second kappa shape index (κ2) is 11.4. The Bertz CT molecular complexity index is 1160. The molecule has 0 heterocycles. The third-order valence-corrected chi connectivity index (χ3v) is 5.24. The first kappa shape index (κ1) is 24.2. The Kier molecular flexibility index (Phi) is 8.36. The van der Waals surface area contributed by atoms with E-state index in [1.807, 2.05) is 44.2 Å². The summed E-state index contributed by atoms with van der Waals surface area (Å²) in [6, 6.07) is 17.1. The molecule has 0 aliphatic heterocycles. The van der Waals surface area contributed by atoms with E-state index in [1.54, 1.807) is 24.4 Å². The molecule has 9 heteroatoms. The number of amides is 1. The molecule has 3 rings (SSSR count). The molecule has 1 N–H and O–H groups in total. The Hall–Kier alpha value is -3.47. The van der Waals surface area contributed by atoms with Crippen LogP contribution in [-0.4, -0.2) is 30.3 Å². The number of aryl methyl sites for hydroxylation is 1. The number of carbonyl (C=O) groups excluding carboxylic acids is 1. The number of non-ortho nitro benzene ring substituents is 1. The maximum absolute atomic E-state index is 12.3. The van der Waals surface area contributed by atoms with Crippen LogP contribution in [0.25, 0.3) is 0 Å². The molecule has 0 spiro atoms. The molecule has 0 saturated carbocycles. The number of rotatable bonds is 9. The Balaban J connectivity index is 1.71. The molecule has 170 valence electrons. The van der Waals surface area contributed by atoms with Crippen LogP contribution in [-0.2, 0) is 4.79 Å². The van der Waals surface area contributed by atoms with E-state index in [0.717, 1.165) is 14.7 Å². The molecule has 33 heavy (non-hydrogen) atoms. The molecule has 3 aromatic rings. The van der Waals surface area contributed by atoms with Crippen LogP contribution >= 0.6 is 22.6 Å². The minimum Gasteiger partial charge on any atom is -0.490 e. The molecule has 0 bridgehead atoms. The zero-order valence-corrected chi connectivity index (χ0v) is 20.2. The van der Waals surface area contributed by atoms with E-state index < -0.39 is 4.92 Å². The van der Waals surface area contributed by atoms with Gasteiger partial charge in [-0.25, -0.2) is 0 Å². The third kappa shape index (κ3) is 7.01. The summed E-state index contributed by atoms with van der Waals surface area (Å²) in [4.78, 5) is 27.0. The van der Waals surface area contributed by atoms with Crippen molar-refractivity contribution in [2.45, 2.75) is 13.8 Å². The zero-order chi connectivity index (χ0) is 23.8. The fraction of sp³-hybridized carbons (Fsp3) is 0.167. The van der Waals surface area contributed by atoms with Crippen molar-refractivity contribution in [3.63, 3.8) is 0 Å². The fourth-order valence-corrected chi connectivity index (χ4v) is 3.63. The standard InChI is InChI=1S/C24H22IN3O5/c1-3-32-22-13-17(14-26-18-8-10-20(11-9-18)28(30)31)12-21(25)24(22)33-15-23(29)27-19-6-4-16(2)5-7-19/h4-14H,3,15H2,1-2H3,(H,27,29). The first-order valence-electron chi connectivity index (χ1n) is 10.1. The normalized spacial score (nSPS) is 10.8. The van der Waals surface area contributed by atoms with Crippen LogP contribution in [0.1, 0.15) is 18.1 Å². The van der Waals surface area contributed by atoms with Crippen molar-refractivity contribution in [2.75, 3.05) is 18.5 Å². The van der Waals surface area contributed by atoms with Crippen LogP contribution < -0.4 is 14.8 Å². The molecule has 0 atom stereocenters. The number of halogens is 1. The Morgan fingerprint density at radius 2 is 1.82 bits per heavy atom. The lowest BCUT2D eigenvalue weighted by Crippen LogP contribution is -2.20. The van der Waals surface area contributed by atoms with Gasteiger partial charge in [-0.3, -0.25) is 19.9 Å². The van der Waals surface area contributed by atoms with Crippen LogP contribution in [0.2, 0.25) is 0 Å². The molecule has 0 fully saturated rings. The first-order valence-corrected chi connectivity index (χ1v) is 11.2.